The first kappa shape index (κ1) is 15.1. The molecule has 3 N–H and O–H groups in total. The van der Waals surface area contributed by atoms with Crippen molar-refractivity contribution < 1.29 is 19.8 Å². The first-order valence-electron chi connectivity index (χ1n) is 7.42. The third-order valence-corrected chi connectivity index (χ3v) is 4.70. The van der Waals surface area contributed by atoms with Crippen molar-refractivity contribution in [1.82, 2.24) is 10.2 Å². The number of carbonyl (C=O) groups excluding carboxylic acids is 1. The maximum atomic E-state index is 12.0. The van der Waals surface area contributed by atoms with Crippen molar-refractivity contribution in [2.24, 2.45) is 17.8 Å². The minimum atomic E-state index is -0.760. The number of amides is 2. The standard InChI is InChI=1S/C14H24N2O4/c1-9-5-6-16(8-12(9)17)14(20)15-7-10-3-2-4-11(10)13(18)19/h9-12,17H,2-8H2,1H3,(H,15,20)(H,18,19). The molecule has 0 aromatic heterocycles. The summed E-state index contributed by atoms with van der Waals surface area (Å²) in [5, 5.41) is 21.7. The summed E-state index contributed by atoms with van der Waals surface area (Å²) in [4.78, 5) is 24.7. The van der Waals surface area contributed by atoms with Gasteiger partial charge in [0.05, 0.1) is 12.0 Å². The highest BCUT2D eigenvalue weighted by Gasteiger charge is 2.33. The van der Waals surface area contributed by atoms with Gasteiger partial charge in [-0.15, -0.1) is 0 Å². The monoisotopic (exact) mass is 284 g/mol. The second-order valence-electron chi connectivity index (χ2n) is 6.10. The van der Waals surface area contributed by atoms with E-state index in [1.54, 1.807) is 4.90 Å². The number of aliphatic carboxylic acids is 1. The van der Waals surface area contributed by atoms with E-state index in [1.165, 1.54) is 0 Å². The highest BCUT2D eigenvalue weighted by atomic mass is 16.4. The summed E-state index contributed by atoms with van der Waals surface area (Å²) in [6.07, 6.45) is 2.81. The van der Waals surface area contributed by atoms with Gasteiger partial charge in [-0.05, 0) is 31.1 Å². The quantitative estimate of drug-likeness (QED) is 0.718. The Bertz CT molecular complexity index is 374. The Labute approximate surface area is 119 Å². The van der Waals surface area contributed by atoms with Crippen LogP contribution >= 0.6 is 0 Å². The van der Waals surface area contributed by atoms with Crippen molar-refractivity contribution >= 4 is 12.0 Å². The number of hydrogen-bond acceptors (Lipinski definition) is 3. The highest BCUT2D eigenvalue weighted by Crippen LogP contribution is 2.31. The number of rotatable bonds is 3. The molecule has 1 saturated carbocycles. The van der Waals surface area contributed by atoms with E-state index in [9.17, 15) is 14.7 Å². The lowest BCUT2D eigenvalue weighted by Crippen LogP contribution is -2.50. The van der Waals surface area contributed by atoms with Crippen molar-refractivity contribution in [3.05, 3.63) is 0 Å². The lowest BCUT2D eigenvalue weighted by Gasteiger charge is -2.34. The van der Waals surface area contributed by atoms with Crippen LogP contribution in [-0.4, -0.2) is 52.9 Å². The van der Waals surface area contributed by atoms with Crippen LogP contribution in [0.15, 0.2) is 0 Å². The molecule has 2 aliphatic rings. The average molecular weight is 284 g/mol. The van der Waals surface area contributed by atoms with Gasteiger partial charge < -0.3 is 20.4 Å². The molecule has 20 heavy (non-hydrogen) atoms. The molecule has 4 unspecified atom stereocenters. The summed E-state index contributed by atoms with van der Waals surface area (Å²) in [5.74, 6) is -0.832. The number of carboxylic acid groups (broad SMARTS) is 1. The summed E-state index contributed by atoms with van der Waals surface area (Å²) in [6.45, 7) is 3.41. The van der Waals surface area contributed by atoms with Crippen LogP contribution in [-0.2, 0) is 4.79 Å². The van der Waals surface area contributed by atoms with E-state index in [2.05, 4.69) is 5.32 Å². The molecule has 0 aromatic carbocycles. The molecule has 1 aliphatic heterocycles. The van der Waals surface area contributed by atoms with Crippen LogP contribution in [0.5, 0.6) is 0 Å². The van der Waals surface area contributed by atoms with Gasteiger partial charge in [-0.3, -0.25) is 4.79 Å². The fraction of sp³-hybridized carbons (Fsp3) is 0.857. The molecule has 0 bridgehead atoms. The van der Waals surface area contributed by atoms with E-state index in [4.69, 9.17) is 5.11 Å². The van der Waals surface area contributed by atoms with Gasteiger partial charge in [0.1, 0.15) is 0 Å². The number of carbonyl (C=O) groups is 2. The predicted molar refractivity (Wildman–Crippen MR) is 73.2 cm³/mol. The molecule has 1 aliphatic carbocycles. The van der Waals surface area contributed by atoms with Crippen LogP contribution in [0.3, 0.4) is 0 Å². The van der Waals surface area contributed by atoms with Gasteiger partial charge in [0.2, 0.25) is 0 Å². The number of β-amino-alcohol motifs (C(OH)–C–C–N with tert-alkyl or cyclic N) is 1. The van der Waals surface area contributed by atoms with Crippen molar-refractivity contribution in [1.29, 1.82) is 0 Å². The van der Waals surface area contributed by atoms with Crippen molar-refractivity contribution in [2.45, 2.75) is 38.7 Å². The number of piperidine rings is 1. The third kappa shape index (κ3) is 3.42. The molecule has 6 nitrogen and oxygen atoms in total. The third-order valence-electron chi connectivity index (χ3n) is 4.70. The molecular weight excluding hydrogens is 260 g/mol. The topological polar surface area (TPSA) is 89.9 Å². The van der Waals surface area contributed by atoms with E-state index in [0.29, 0.717) is 26.1 Å². The van der Waals surface area contributed by atoms with Gasteiger partial charge in [0, 0.05) is 19.6 Å². The normalized spacial score (nSPS) is 34.0. The minimum Gasteiger partial charge on any atom is -0.481 e. The molecule has 2 rings (SSSR count). The van der Waals surface area contributed by atoms with E-state index in [0.717, 1.165) is 19.3 Å². The van der Waals surface area contributed by atoms with Crippen molar-refractivity contribution in [3.8, 4) is 0 Å². The van der Waals surface area contributed by atoms with Gasteiger partial charge in [-0.25, -0.2) is 4.79 Å². The lowest BCUT2D eigenvalue weighted by atomic mass is 9.95. The zero-order chi connectivity index (χ0) is 14.7. The van der Waals surface area contributed by atoms with Gasteiger partial charge in [0.15, 0.2) is 0 Å². The number of likely N-dealkylation sites (tertiary alicyclic amines) is 1. The minimum absolute atomic E-state index is 0.0325. The Hall–Kier alpha value is -1.30. The Morgan fingerprint density at radius 2 is 2.05 bits per heavy atom. The number of carboxylic acids is 1. The summed E-state index contributed by atoms with van der Waals surface area (Å²) in [7, 11) is 0. The number of nitrogens with one attached hydrogen (secondary N) is 1. The second kappa shape index (κ2) is 6.43. The molecule has 4 atom stereocenters. The first-order valence-corrected chi connectivity index (χ1v) is 7.42. The smallest absolute Gasteiger partial charge is 0.317 e. The molecule has 6 heteroatoms. The number of aliphatic hydroxyl groups excluding tert-OH is 1. The Morgan fingerprint density at radius 1 is 1.30 bits per heavy atom. The first-order chi connectivity index (χ1) is 9.49. The zero-order valence-electron chi connectivity index (χ0n) is 11.9. The highest BCUT2D eigenvalue weighted by molar-refractivity contribution is 5.74. The molecule has 114 valence electrons. The van der Waals surface area contributed by atoms with E-state index in [-0.39, 0.29) is 23.8 Å². The van der Waals surface area contributed by atoms with Crippen LogP contribution in [0.1, 0.15) is 32.6 Å². The summed E-state index contributed by atoms with van der Waals surface area (Å²) < 4.78 is 0. The molecule has 2 fully saturated rings. The zero-order valence-corrected chi connectivity index (χ0v) is 11.9. The SMILES string of the molecule is CC1CCN(C(=O)NCC2CCCC2C(=O)O)CC1O. The van der Waals surface area contributed by atoms with Gasteiger partial charge in [0.25, 0.3) is 0 Å². The average Bonchev–Trinajstić information content (AvgIpc) is 2.87. The fourth-order valence-corrected chi connectivity index (χ4v) is 3.17. The second-order valence-corrected chi connectivity index (χ2v) is 6.10. The molecule has 0 aromatic rings. The summed E-state index contributed by atoms with van der Waals surface area (Å²) in [5.41, 5.74) is 0. The fourth-order valence-electron chi connectivity index (χ4n) is 3.17. The number of aliphatic hydroxyl groups is 1. The van der Waals surface area contributed by atoms with Gasteiger partial charge in [-0.1, -0.05) is 13.3 Å². The largest absolute Gasteiger partial charge is 0.481 e. The lowest BCUT2D eigenvalue weighted by molar-refractivity contribution is -0.142. The van der Waals surface area contributed by atoms with Crippen LogP contribution in [0.2, 0.25) is 0 Å². The van der Waals surface area contributed by atoms with Gasteiger partial charge >= 0.3 is 12.0 Å². The van der Waals surface area contributed by atoms with E-state index >= 15 is 0 Å². The van der Waals surface area contributed by atoms with Crippen LogP contribution in [0.4, 0.5) is 4.79 Å². The molecule has 0 radical (unpaired) electrons. The van der Waals surface area contributed by atoms with Crippen LogP contribution < -0.4 is 5.32 Å². The number of hydrogen-bond donors (Lipinski definition) is 3. The molecule has 1 heterocycles. The molecule has 1 saturated heterocycles. The van der Waals surface area contributed by atoms with Crippen molar-refractivity contribution in [3.63, 3.8) is 0 Å². The summed E-state index contributed by atoms with van der Waals surface area (Å²) in [6, 6.07) is -0.188. The molecular formula is C14H24N2O4. The maximum Gasteiger partial charge on any atom is 0.317 e. The Morgan fingerprint density at radius 3 is 2.70 bits per heavy atom. The van der Waals surface area contributed by atoms with Gasteiger partial charge in [-0.2, -0.15) is 0 Å². The van der Waals surface area contributed by atoms with E-state index in [1.807, 2.05) is 6.92 Å². The van der Waals surface area contributed by atoms with Crippen molar-refractivity contribution in [2.75, 3.05) is 19.6 Å². The predicted octanol–water partition coefficient (Wildman–Crippen LogP) is 0.900. The summed E-state index contributed by atoms with van der Waals surface area (Å²) >= 11 is 0. The van der Waals surface area contributed by atoms with Crippen LogP contribution in [0, 0.1) is 17.8 Å². The van der Waals surface area contributed by atoms with E-state index < -0.39 is 12.1 Å². The molecule has 0 spiro atoms. The molecule has 2 amide bonds. The number of nitrogens with zero attached hydrogens (tertiary/aromatic N) is 1. The van der Waals surface area contributed by atoms with Crippen LogP contribution in [0.25, 0.3) is 0 Å². The number of urea groups is 1. The Kier molecular flexibility index (Phi) is 4.86. The maximum absolute atomic E-state index is 12.0. The Balaban J connectivity index is 1.79.